The number of nitrogens with zero attached hydrogens (tertiary/aromatic N) is 3. The van der Waals surface area contributed by atoms with Crippen LogP contribution in [0.4, 0.5) is 4.79 Å². The quantitative estimate of drug-likeness (QED) is 0.613. The van der Waals surface area contributed by atoms with Crippen LogP contribution in [0.25, 0.3) is 0 Å². The predicted molar refractivity (Wildman–Crippen MR) is 71.5 cm³/mol. The normalized spacial score (nSPS) is 10.3. The van der Waals surface area contributed by atoms with Gasteiger partial charge in [0.1, 0.15) is 5.82 Å². The maximum Gasteiger partial charge on any atom is 0.321 e. The molecule has 0 aliphatic rings. The third-order valence-electron chi connectivity index (χ3n) is 2.23. The van der Waals surface area contributed by atoms with Crippen LogP contribution in [0.15, 0.2) is 5.16 Å². The van der Waals surface area contributed by atoms with Crippen LogP contribution in [0.3, 0.4) is 0 Å². The molecule has 1 aromatic rings. The van der Waals surface area contributed by atoms with Crippen LogP contribution >= 0.6 is 11.8 Å². The molecule has 0 saturated carbocycles. The summed E-state index contributed by atoms with van der Waals surface area (Å²) in [4.78, 5) is 22.7. The van der Waals surface area contributed by atoms with Gasteiger partial charge in [0.15, 0.2) is 5.16 Å². The fourth-order valence-electron chi connectivity index (χ4n) is 1.22. The minimum Gasteiger partial charge on any atom is -0.338 e. The Morgan fingerprint density at radius 3 is 2.74 bits per heavy atom. The van der Waals surface area contributed by atoms with Gasteiger partial charge in [0.2, 0.25) is 5.91 Å². The Hall–Kier alpha value is -1.61. The van der Waals surface area contributed by atoms with E-state index in [9.17, 15) is 9.59 Å². The Labute approximate surface area is 115 Å². The Bertz CT molecular complexity index is 447. The number of imide groups is 1. The third-order valence-corrected chi connectivity index (χ3v) is 3.25. The average molecular weight is 286 g/mol. The molecular formula is C10H18N6O2S. The predicted octanol–water partition coefficient (Wildman–Crippen LogP) is -0.398. The molecule has 1 heterocycles. The molecule has 0 unspecified atom stereocenters. The summed E-state index contributed by atoms with van der Waals surface area (Å²) in [6.45, 7) is 2.76. The van der Waals surface area contributed by atoms with E-state index in [0.29, 0.717) is 17.5 Å². The van der Waals surface area contributed by atoms with Gasteiger partial charge in [-0.15, -0.1) is 10.2 Å². The molecule has 1 aromatic heterocycles. The maximum atomic E-state index is 11.5. The van der Waals surface area contributed by atoms with Crippen LogP contribution < -0.4 is 16.4 Å². The summed E-state index contributed by atoms with van der Waals surface area (Å²) in [5, 5.41) is 13.1. The number of carbonyl (C=O) groups is 2. The van der Waals surface area contributed by atoms with Crippen molar-refractivity contribution in [2.45, 2.75) is 25.0 Å². The van der Waals surface area contributed by atoms with Gasteiger partial charge in [0.25, 0.3) is 0 Å². The molecule has 0 radical (unpaired) electrons. The van der Waals surface area contributed by atoms with Crippen LogP contribution in [0.1, 0.15) is 19.2 Å². The minimum absolute atomic E-state index is 0.0933. The van der Waals surface area contributed by atoms with Crippen molar-refractivity contribution in [2.24, 2.45) is 12.8 Å². The van der Waals surface area contributed by atoms with E-state index in [0.717, 1.165) is 6.42 Å². The molecule has 1 rings (SSSR count). The summed E-state index contributed by atoms with van der Waals surface area (Å²) in [5.74, 6) is 0.357. The Kier molecular flexibility index (Phi) is 6.30. The van der Waals surface area contributed by atoms with Crippen LogP contribution in [0.2, 0.25) is 0 Å². The smallest absolute Gasteiger partial charge is 0.321 e. The Balaban J connectivity index is 2.37. The number of carbonyl (C=O) groups excluding carboxylic acids is 2. The van der Waals surface area contributed by atoms with Gasteiger partial charge in [-0.1, -0.05) is 18.7 Å². The second-order valence-electron chi connectivity index (χ2n) is 3.75. The fourth-order valence-corrected chi connectivity index (χ4v) is 1.95. The van der Waals surface area contributed by atoms with Gasteiger partial charge in [-0.2, -0.15) is 0 Å². The van der Waals surface area contributed by atoms with E-state index in [1.807, 2.05) is 6.92 Å². The molecule has 106 valence electrons. The number of thioether (sulfide) groups is 1. The van der Waals surface area contributed by atoms with Crippen molar-refractivity contribution >= 4 is 23.7 Å². The second-order valence-corrected chi connectivity index (χ2v) is 4.70. The number of amides is 3. The highest BCUT2D eigenvalue weighted by Crippen LogP contribution is 2.14. The van der Waals surface area contributed by atoms with Crippen LogP contribution in [-0.2, 0) is 18.4 Å². The lowest BCUT2D eigenvalue weighted by molar-refractivity contribution is -0.117. The summed E-state index contributed by atoms with van der Waals surface area (Å²) in [6.07, 6.45) is 0.817. The van der Waals surface area contributed by atoms with Crippen molar-refractivity contribution in [1.29, 1.82) is 0 Å². The number of rotatable bonds is 6. The van der Waals surface area contributed by atoms with E-state index in [-0.39, 0.29) is 18.2 Å². The van der Waals surface area contributed by atoms with Gasteiger partial charge >= 0.3 is 6.03 Å². The molecule has 0 aromatic carbocycles. The zero-order valence-corrected chi connectivity index (χ0v) is 11.8. The topological polar surface area (TPSA) is 115 Å². The summed E-state index contributed by atoms with van der Waals surface area (Å²) < 4.78 is 1.72. The van der Waals surface area contributed by atoms with Crippen molar-refractivity contribution in [1.82, 2.24) is 25.4 Å². The van der Waals surface area contributed by atoms with Crippen molar-refractivity contribution in [3.8, 4) is 0 Å². The zero-order chi connectivity index (χ0) is 14.3. The van der Waals surface area contributed by atoms with E-state index >= 15 is 0 Å². The SMILES string of the molecule is CCCNC(=O)NC(=O)CSc1nnc(CN)n1C. The first-order valence-corrected chi connectivity index (χ1v) is 6.85. The molecule has 0 aliphatic carbocycles. The summed E-state index contributed by atoms with van der Waals surface area (Å²) in [5.41, 5.74) is 5.47. The summed E-state index contributed by atoms with van der Waals surface area (Å²) in [7, 11) is 1.77. The molecule has 19 heavy (non-hydrogen) atoms. The molecule has 0 bridgehead atoms. The molecule has 8 nitrogen and oxygen atoms in total. The van der Waals surface area contributed by atoms with Crippen LogP contribution in [0.5, 0.6) is 0 Å². The highest BCUT2D eigenvalue weighted by atomic mass is 32.2. The largest absolute Gasteiger partial charge is 0.338 e. The number of nitrogens with two attached hydrogens (primary N) is 1. The number of urea groups is 1. The van der Waals surface area contributed by atoms with Gasteiger partial charge < -0.3 is 15.6 Å². The number of hydrogen-bond acceptors (Lipinski definition) is 6. The first kappa shape index (κ1) is 15.4. The molecule has 4 N–H and O–H groups in total. The summed E-state index contributed by atoms with van der Waals surface area (Å²) >= 11 is 1.20. The number of nitrogens with one attached hydrogen (secondary N) is 2. The lowest BCUT2D eigenvalue weighted by Gasteiger charge is -2.05. The van der Waals surface area contributed by atoms with E-state index < -0.39 is 6.03 Å². The molecule has 0 saturated heterocycles. The summed E-state index contributed by atoms with van der Waals surface area (Å²) in [6, 6.07) is -0.479. The number of aromatic nitrogens is 3. The Morgan fingerprint density at radius 1 is 1.42 bits per heavy atom. The van der Waals surface area contributed by atoms with Gasteiger partial charge in [-0.3, -0.25) is 10.1 Å². The van der Waals surface area contributed by atoms with Gasteiger partial charge in [0, 0.05) is 13.6 Å². The number of hydrogen-bond donors (Lipinski definition) is 3. The standard InChI is InChI=1S/C10H18N6O2S/c1-3-4-12-9(18)13-8(17)6-19-10-15-14-7(5-11)16(10)2/h3-6,11H2,1-2H3,(H2,12,13,17,18). The molecule has 0 aliphatic heterocycles. The highest BCUT2D eigenvalue weighted by molar-refractivity contribution is 7.99. The van der Waals surface area contributed by atoms with E-state index in [1.165, 1.54) is 11.8 Å². The molecule has 0 spiro atoms. The molecular weight excluding hydrogens is 268 g/mol. The van der Waals surface area contributed by atoms with Gasteiger partial charge in [0.05, 0.1) is 12.3 Å². The van der Waals surface area contributed by atoms with Crippen molar-refractivity contribution in [3.63, 3.8) is 0 Å². The highest BCUT2D eigenvalue weighted by Gasteiger charge is 2.12. The van der Waals surface area contributed by atoms with Gasteiger partial charge in [-0.25, -0.2) is 4.79 Å². The third kappa shape index (κ3) is 4.87. The minimum atomic E-state index is -0.479. The Morgan fingerprint density at radius 2 is 2.16 bits per heavy atom. The molecule has 0 fully saturated rings. The lowest BCUT2D eigenvalue weighted by atomic mass is 10.5. The molecule has 0 atom stereocenters. The van der Waals surface area contributed by atoms with Crippen molar-refractivity contribution in [3.05, 3.63) is 5.82 Å². The molecule has 9 heteroatoms. The first-order valence-electron chi connectivity index (χ1n) is 5.87. The molecule has 3 amide bonds. The average Bonchev–Trinajstić information content (AvgIpc) is 2.74. The van der Waals surface area contributed by atoms with E-state index in [2.05, 4.69) is 20.8 Å². The second kappa shape index (κ2) is 7.74. The van der Waals surface area contributed by atoms with E-state index in [4.69, 9.17) is 5.73 Å². The fraction of sp³-hybridized carbons (Fsp3) is 0.600. The maximum absolute atomic E-state index is 11.5. The zero-order valence-electron chi connectivity index (χ0n) is 11.0. The van der Waals surface area contributed by atoms with Gasteiger partial charge in [-0.05, 0) is 6.42 Å². The monoisotopic (exact) mass is 286 g/mol. The lowest BCUT2D eigenvalue weighted by Crippen LogP contribution is -2.40. The van der Waals surface area contributed by atoms with Crippen molar-refractivity contribution in [2.75, 3.05) is 12.3 Å². The van der Waals surface area contributed by atoms with Crippen molar-refractivity contribution < 1.29 is 9.59 Å². The first-order chi connectivity index (χ1) is 9.08. The van der Waals surface area contributed by atoms with Crippen LogP contribution in [0, 0.1) is 0 Å². The van der Waals surface area contributed by atoms with Crippen LogP contribution in [-0.4, -0.2) is 39.0 Å². The van der Waals surface area contributed by atoms with E-state index in [1.54, 1.807) is 11.6 Å².